The van der Waals surface area contributed by atoms with Crippen molar-refractivity contribution < 1.29 is 9.53 Å². The molecule has 160 valence electrons. The Morgan fingerprint density at radius 1 is 1.27 bits per heavy atom. The normalized spacial score (nSPS) is 15.2. The maximum Gasteiger partial charge on any atom is 0.317 e. The van der Waals surface area contributed by atoms with Crippen LogP contribution in [0.2, 0.25) is 0 Å². The molecule has 0 aliphatic carbocycles. The summed E-state index contributed by atoms with van der Waals surface area (Å²) in [6.45, 7) is 10.0. The largest absolute Gasteiger partial charge is 0.497 e. The number of hydrogen-bond donors (Lipinski definition) is 1. The smallest absolute Gasteiger partial charge is 0.317 e. The van der Waals surface area contributed by atoms with E-state index in [1.165, 1.54) is 10.6 Å². The fourth-order valence-corrected chi connectivity index (χ4v) is 4.66. The van der Waals surface area contributed by atoms with Gasteiger partial charge in [0, 0.05) is 55.4 Å². The van der Waals surface area contributed by atoms with E-state index in [4.69, 9.17) is 9.72 Å². The zero-order valence-electron chi connectivity index (χ0n) is 18.0. The molecule has 7 nitrogen and oxygen atoms in total. The molecular weight excluding hydrogens is 398 g/mol. The summed E-state index contributed by atoms with van der Waals surface area (Å²) in [7, 11) is 1.68. The highest BCUT2D eigenvalue weighted by Crippen LogP contribution is 2.31. The molecule has 0 radical (unpaired) electrons. The molecule has 3 heterocycles. The molecule has 0 spiro atoms. The lowest BCUT2D eigenvalue weighted by Crippen LogP contribution is -2.52. The highest BCUT2D eigenvalue weighted by molar-refractivity contribution is 7.17. The van der Waals surface area contributed by atoms with E-state index in [2.05, 4.69) is 33.8 Å². The maximum atomic E-state index is 12.3. The predicted molar refractivity (Wildman–Crippen MR) is 120 cm³/mol. The zero-order chi connectivity index (χ0) is 21.3. The Labute approximate surface area is 181 Å². The van der Waals surface area contributed by atoms with Gasteiger partial charge in [0.05, 0.1) is 18.5 Å². The summed E-state index contributed by atoms with van der Waals surface area (Å²) in [5, 5.41) is 2.99. The highest BCUT2D eigenvalue weighted by atomic mass is 32.1. The van der Waals surface area contributed by atoms with Crippen LogP contribution in [0.15, 0.2) is 30.5 Å². The maximum absolute atomic E-state index is 12.3. The number of ether oxygens (including phenoxy) is 1. The summed E-state index contributed by atoms with van der Waals surface area (Å²) in [6.07, 6.45) is 2.17. The molecule has 1 fully saturated rings. The molecule has 1 aliphatic rings. The van der Waals surface area contributed by atoms with Crippen LogP contribution in [0.4, 0.5) is 4.79 Å². The van der Waals surface area contributed by atoms with Gasteiger partial charge in [-0.2, -0.15) is 0 Å². The third-order valence-corrected chi connectivity index (χ3v) is 6.23. The molecule has 0 atom stereocenters. The van der Waals surface area contributed by atoms with Crippen molar-refractivity contribution in [2.75, 3.05) is 33.3 Å². The minimum Gasteiger partial charge on any atom is -0.497 e. The van der Waals surface area contributed by atoms with Crippen LogP contribution in [-0.2, 0) is 6.54 Å². The molecule has 4 rings (SSSR count). The third kappa shape index (κ3) is 4.29. The Bertz CT molecular complexity index is 1030. The topological polar surface area (TPSA) is 62.1 Å². The van der Waals surface area contributed by atoms with E-state index in [1.54, 1.807) is 18.4 Å². The molecule has 0 unspecified atom stereocenters. The van der Waals surface area contributed by atoms with Crippen molar-refractivity contribution in [1.82, 2.24) is 24.5 Å². The molecular formula is C22H29N5O2S. The van der Waals surface area contributed by atoms with Crippen molar-refractivity contribution in [2.45, 2.75) is 33.4 Å². The van der Waals surface area contributed by atoms with Crippen LogP contribution in [0, 0.1) is 6.92 Å². The molecule has 1 N–H and O–H groups in total. The van der Waals surface area contributed by atoms with Crippen LogP contribution in [0.25, 0.3) is 16.2 Å². The standard InChI is InChI=1S/C22H29N5O2S/c1-15(2)23-21(28)26-10-8-25(9-11-26)14-19-20(17-6-5-7-18(12-17)29-4)24-22-27(19)13-16(3)30-22/h5-7,12-13,15H,8-11,14H2,1-4H3,(H,23,28). The van der Waals surface area contributed by atoms with Gasteiger partial charge >= 0.3 is 6.03 Å². The summed E-state index contributed by atoms with van der Waals surface area (Å²) in [6, 6.07) is 8.26. The first kappa shape index (κ1) is 20.7. The van der Waals surface area contributed by atoms with Crippen molar-refractivity contribution in [3.63, 3.8) is 0 Å². The lowest BCUT2D eigenvalue weighted by Gasteiger charge is -2.35. The van der Waals surface area contributed by atoms with E-state index < -0.39 is 0 Å². The van der Waals surface area contributed by atoms with Gasteiger partial charge in [0.25, 0.3) is 0 Å². The fourth-order valence-electron chi connectivity index (χ4n) is 3.81. The molecule has 2 amide bonds. The van der Waals surface area contributed by atoms with Crippen LogP contribution in [0.5, 0.6) is 5.75 Å². The number of carbonyl (C=O) groups excluding carboxylic acids is 1. The number of piperazine rings is 1. The van der Waals surface area contributed by atoms with Crippen LogP contribution in [0.3, 0.4) is 0 Å². The number of carbonyl (C=O) groups is 1. The number of amides is 2. The van der Waals surface area contributed by atoms with Gasteiger partial charge in [-0.1, -0.05) is 12.1 Å². The van der Waals surface area contributed by atoms with Gasteiger partial charge in [0.15, 0.2) is 4.96 Å². The van der Waals surface area contributed by atoms with Crippen LogP contribution < -0.4 is 10.1 Å². The van der Waals surface area contributed by atoms with Gasteiger partial charge in [-0.15, -0.1) is 11.3 Å². The summed E-state index contributed by atoms with van der Waals surface area (Å²) in [4.78, 5) is 23.8. The lowest BCUT2D eigenvalue weighted by molar-refractivity contribution is 0.133. The van der Waals surface area contributed by atoms with Crippen LogP contribution >= 0.6 is 11.3 Å². The molecule has 1 aliphatic heterocycles. The quantitative estimate of drug-likeness (QED) is 0.676. The van der Waals surface area contributed by atoms with Gasteiger partial charge < -0.3 is 15.0 Å². The average molecular weight is 428 g/mol. The highest BCUT2D eigenvalue weighted by Gasteiger charge is 2.24. The first-order valence-electron chi connectivity index (χ1n) is 10.3. The number of aryl methyl sites for hydroxylation is 1. The van der Waals surface area contributed by atoms with E-state index in [0.717, 1.165) is 54.7 Å². The first-order chi connectivity index (χ1) is 14.4. The molecule has 1 aromatic carbocycles. The number of urea groups is 1. The van der Waals surface area contributed by atoms with Gasteiger partial charge in [0.2, 0.25) is 0 Å². The summed E-state index contributed by atoms with van der Waals surface area (Å²) in [5.41, 5.74) is 3.25. The predicted octanol–water partition coefficient (Wildman–Crippen LogP) is 3.62. The molecule has 0 saturated carbocycles. The van der Waals surface area contributed by atoms with Crippen LogP contribution in [-0.4, -0.2) is 64.5 Å². The second kappa shape index (κ2) is 8.65. The van der Waals surface area contributed by atoms with E-state index in [0.29, 0.717) is 0 Å². The summed E-state index contributed by atoms with van der Waals surface area (Å²) in [5.74, 6) is 0.829. The number of aromatic nitrogens is 2. The number of hydrogen-bond acceptors (Lipinski definition) is 5. The van der Waals surface area contributed by atoms with E-state index in [9.17, 15) is 4.79 Å². The molecule has 3 aromatic rings. The number of rotatable bonds is 5. The summed E-state index contributed by atoms with van der Waals surface area (Å²) < 4.78 is 7.63. The van der Waals surface area contributed by atoms with Gasteiger partial charge in [-0.05, 0) is 32.9 Å². The van der Waals surface area contributed by atoms with Crippen molar-refractivity contribution >= 4 is 22.3 Å². The monoisotopic (exact) mass is 427 g/mol. The van der Waals surface area contributed by atoms with Crippen molar-refractivity contribution in [1.29, 1.82) is 0 Å². The SMILES string of the molecule is COc1cccc(-c2nc3sc(C)cn3c2CN2CCN(C(=O)NC(C)C)CC2)c1. The number of methoxy groups -OCH3 is 1. The molecule has 0 bridgehead atoms. The third-order valence-electron chi connectivity index (χ3n) is 5.33. The fraction of sp³-hybridized carbons (Fsp3) is 0.455. The number of nitrogens with one attached hydrogen (secondary N) is 1. The Hall–Kier alpha value is -2.58. The average Bonchev–Trinajstić information content (AvgIpc) is 3.25. The second-order valence-corrected chi connectivity index (χ2v) is 9.21. The summed E-state index contributed by atoms with van der Waals surface area (Å²) >= 11 is 1.70. The number of benzene rings is 1. The molecule has 30 heavy (non-hydrogen) atoms. The van der Waals surface area contributed by atoms with Gasteiger partial charge in [0.1, 0.15) is 5.75 Å². The lowest BCUT2D eigenvalue weighted by atomic mass is 10.1. The second-order valence-electron chi connectivity index (χ2n) is 8.00. The number of imidazole rings is 1. The Morgan fingerprint density at radius 3 is 2.73 bits per heavy atom. The Kier molecular flexibility index (Phi) is 5.97. The van der Waals surface area contributed by atoms with E-state index >= 15 is 0 Å². The minimum atomic E-state index is 0.0296. The van der Waals surface area contributed by atoms with Crippen LogP contribution in [0.1, 0.15) is 24.4 Å². The first-order valence-corrected chi connectivity index (χ1v) is 11.2. The molecule has 1 saturated heterocycles. The van der Waals surface area contributed by atoms with Crippen molar-refractivity contribution in [2.24, 2.45) is 0 Å². The van der Waals surface area contributed by atoms with Crippen molar-refractivity contribution in [3.8, 4) is 17.0 Å². The number of thiazole rings is 1. The Balaban J connectivity index is 1.56. The number of fused-ring (bicyclic) bond motifs is 1. The molecule has 2 aromatic heterocycles. The van der Waals surface area contributed by atoms with E-state index in [-0.39, 0.29) is 12.1 Å². The number of nitrogens with zero attached hydrogens (tertiary/aromatic N) is 4. The Morgan fingerprint density at radius 2 is 2.03 bits per heavy atom. The van der Waals surface area contributed by atoms with E-state index in [1.807, 2.05) is 36.9 Å². The molecule has 8 heteroatoms. The minimum absolute atomic E-state index is 0.0296. The van der Waals surface area contributed by atoms with Crippen molar-refractivity contribution in [3.05, 3.63) is 41.0 Å². The van der Waals surface area contributed by atoms with Gasteiger partial charge in [-0.3, -0.25) is 9.30 Å². The van der Waals surface area contributed by atoms with Gasteiger partial charge in [-0.25, -0.2) is 9.78 Å². The zero-order valence-corrected chi connectivity index (χ0v) is 18.8.